The van der Waals surface area contributed by atoms with E-state index in [-0.39, 0.29) is 0 Å². The Morgan fingerprint density at radius 3 is 2.57 bits per heavy atom. The standard InChI is InChI=1S/C4H8NO2/c1-2-3-5(7)4-6/h7H,2-3H2,1H3. The molecule has 0 aromatic carbocycles. The van der Waals surface area contributed by atoms with Crippen LogP contribution in [0.1, 0.15) is 13.3 Å². The van der Waals surface area contributed by atoms with Crippen molar-refractivity contribution in [2.45, 2.75) is 13.3 Å². The van der Waals surface area contributed by atoms with Gasteiger partial charge in [0, 0.05) is 6.54 Å². The van der Waals surface area contributed by atoms with Gasteiger partial charge in [0.15, 0.2) is 0 Å². The quantitative estimate of drug-likeness (QED) is 0.313. The monoisotopic (exact) mass is 102 g/mol. The predicted octanol–water partition coefficient (Wildman–Crippen LogP) is 0.155. The lowest BCUT2D eigenvalue weighted by atomic mass is 10.5. The lowest BCUT2D eigenvalue weighted by Crippen LogP contribution is -2.16. The number of hydrogen-bond acceptors (Lipinski definition) is 2. The lowest BCUT2D eigenvalue weighted by molar-refractivity contribution is -0.0165. The Balaban J connectivity index is 2.98. The van der Waals surface area contributed by atoms with Crippen LogP contribution in [0.25, 0.3) is 0 Å². The highest BCUT2D eigenvalue weighted by Crippen LogP contribution is 1.77. The molecule has 1 N–H and O–H groups in total. The second-order valence-corrected chi connectivity index (χ2v) is 1.21. The molecule has 3 heteroatoms. The van der Waals surface area contributed by atoms with Crippen molar-refractivity contribution >= 4 is 6.41 Å². The molecule has 0 aliphatic rings. The van der Waals surface area contributed by atoms with Crippen LogP contribution in [0.4, 0.5) is 0 Å². The van der Waals surface area contributed by atoms with Crippen LogP contribution in [0.3, 0.4) is 0 Å². The Kier molecular flexibility index (Phi) is 3.32. The minimum absolute atomic E-state index is 0.365. The van der Waals surface area contributed by atoms with Gasteiger partial charge in [0.2, 0.25) is 0 Å². The molecule has 0 heterocycles. The Labute approximate surface area is 42.5 Å². The first kappa shape index (κ1) is 6.43. The van der Waals surface area contributed by atoms with E-state index in [0.717, 1.165) is 6.42 Å². The third-order valence-corrected chi connectivity index (χ3v) is 0.541. The fraction of sp³-hybridized carbons (Fsp3) is 0.750. The third-order valence-electron chi connectivity index (χ3n) is 0.541. The maximum absolute atomic E-state index is 9.45. The van der Waals surface area contributed by atoms with Crippen molar-refractivity contribution in [1.29, 1.82) is 0 Å². The minimum Gasteiger partial charge on any atom is -0.285 e. The number of hydrogen-bond donors (Lipinski definition) is 1. The number of rotatable bonds is 3. The van der Waals surface area contributed by atoms with Crippen LogP contribution in [0.2, 0.25) is 0 Å². The van der Waals surface area contributed by atoms with E-state index in [1.807, 2.05) is 6.92 Å². The first-order valence-electron chi connectivity index (χ1n) is 2.15. The molecule has 0 atom stereocenters. The van der Waals surface area contributed by atoms with E-state index < -0.39 is 0 Å². The maximum Gasteiger partial charge on any atom is 0.337 e. The highest BCUT2D eigenvalue weighted by molar-refractivity contribution is 5.45. The predicted molar refractivity (Wildman–Crippen MR) is 24.5 cm³/mol. The lowest BCUT2D eigenvalue weighted by Gasteiger charge is -2.01. The van der Waals surface area contributed by atoms with E-state index in [0.29, 0.717) is 11.6 Å². The van der Waals surface area contributed by atoms with Crippen molar-refractivity contribution < 1.29 is 10.0 Å². The molecular weight excluding hydrogens is 94.0 g/mol. The van der Waals surface area contributed by atoms with Crippen LogP contribution in [-0.2, 0) is 4.79 Å². The molecule has 7 heavy (non-hydrogen) atoms. The van der Waals surface area contributed by atoms with Crippen molar-refractivity contribution in [1.82, 2.24) is 5.06 Å². The SMILES string of the molecule is CCCN(O)[C]=O. The fourth-order valence-electron chi connectivity index (χ4n) is 0.257. The van der Waals surface area contributed by atoms with Crippen molar-refractivity contribution in [3.63, 3.8) is 0 Å². The molecule has 0 bridgehead atoms. The molecule has 0 aliphatic carbocycles. The van der Waals surface area contributed by atoms with Crippen LogP contribution in [0, 0.1) is 0 Å². The molecule has 0 rings (SSSR count). The Hall–Kier alpha value is -0.570. The highest BCUT2D eigenvalue weighted by Gasteiger charge is 1.89. The summed E-state index contributed by atoms with van der Waals surface area (Å²) in [4.78, 5) is 9.45. The number of hydroxylamine groups is 2. The van der Waals surface area contributed by atoms with Crippen molar-refractivity contribution in [3.05, 3.63) is 0 Å². The van der Waals surface area contributed by atoms with Gasteiger partial charge in [-0.25, -0.2) is 5.06 Å². The zero-order chi connectivity index (χ0) is 5.70. The van der Waals surface area contributed by atoms with E-state index in [1.165, 1.54) is 6.41 Å². The summed E-state index contributed by atoms with van der Waals surface area (Å²) in [5.74, 6) is 0. The van der Waals surface area contributed by atoms with Crippen LogP contribution < -0.4 is 0 Å². The van der Waals surface area contributed by atoms with Crippen LogP contribution in [0.15, 0.2) is 0 Å². The summed E-state index contributed by atoms with van der Waals surface area (Å²) >= 11 is 0. The Morgan fingerprint density at radius 2 is 2.43 bits per heavy atom. The summed E-state index contributed by atoms with van der Waals surface area (Å²) in [6.07, 6.45) is 2.06. The van der Waals surface area contributed by atoms with Gasteiger partial charge < -0.3 is 0 Å². The highest BCUT2D eigenvalue weighted by atomic mass is 16.5. The minimum atomic E-state index is 0.365. The molecule has 1 amide bonds. The zero-order valence-corrected chi connectivity index (χ0v) is 4.22. The number of amides is 1. The summed E-state index contributed by atoms with van der Waals surface area (Å²) in [5.41, 5.74) is 0. The maximum atomic E-state index is 9.45. The van der Waals surface area contributed by atoms with Gasteiger partial charge in [-0.05, 0) is 6.42 Å². The van der Waals surface area contributed by atoms with Gasteiger partial charge in [0.1, 0.15) is 0 Å². The molecule has 0 saturated carbocycles. The molecule has 0 unspecified atom stereocenters. The average Bonchev–Trinajstić information content (AvgIpc) is 1.68. The molecule has 0 spiro atoms. The van der Waals surface area contributed by atoms with Crippen LogP contribution in [0.5, 0.6) is 0 Å². The van der Waals surface area contributed by atoms with E-state index in [2.05, 4.69) is 0 Å². The van der Waals surface area contributed by atoms with Crippen LogP contribution >= 0.6 is 0 Å². The van der Waals surface area contributed by atoms with Crippen molar-refractivity contribution in [2.75, 3.05) is 6.54 Å². The van der Waals surface area contributed by atoms with Gasteiger partial charge in [0.25, 0.3) is 0 Å². The van der Waals surface area contributed by atoms with Crippen LogP contribution in [-0.4, -0.2) is 23.2 Å². The molecule has 41 valence electrons. The third kappa shape index (κ3) is 3.26. The van der Waals surface area contributed by atoms with E-state index in [1.54, 1.807) is 0 Å². The molecule has 0 aromatic heterocycles. The molecule has 0 aliphatic heterocycles. The molecule has 0 saturated heterocycles. The van der Waals surface area contributed by atoms with E-state index in [4.69, 9.17) is 5.21 Å². The van der Waals surface area contributed by atoms with Gasteiger partial charge in [0.05, 0.1) is 0 Å². The largest absolute Gasteiger partial charge is 0.337 e. The molecular formula is C4H8NO2. The van der Waals surface area contributed by atoms with Gasteiger partial charge in [-0.3, -0.25) is 10.0 Å². The van der Waals surface area contributed by atoms with Gasteiger partial charge in [-0.1, -0.05) is 6.92 Å². The van der Waals surface area contributed by atoms with E-state index >= 15 is 0 Å². The smallest absolute Gasteiger partial charge is 0.285 e. The summed E-state index contributed by atoms with van der Waals surface area (Å²) in [6, 6.07) is 0. The first-order valence-corrected chi connectivity index (χ1v) is 2.15. The fourth-order valence-corrected chi connectivity index (χ4v) is 0.257. The second-order valence-electron chi connectivity index (χ2n) is 1.21. The summed E-state index contributed by atoms with van der Waals surface area (Å²) in [5, 5.41) is 8.77. The number of nitrogens with zero attached hydrogens (tertiary/aromatic N) is 1. The van der Waals surface area contributed by atoms with Gasteiger partial charge >= 0.3 is 6.41 Å². The average molecular weight is 102 g/mol. The normalized spacial score (nSPS) is 8.29. The summed E-state index contributed by atoms with van der Waals surface area (Å²) in [7, 11) is 0. The van der Waals surface area contributed by atoms with Crippen molar-refractivity contribution in [3.8, 4) is 0 Å². The summed E-state index contributed by atoms with van der Waals surface area (Å²) in [6.45, 7) is 2.23. The molecule has 0 aromatic rings. The first-order chi connectivity index (χ1) is 3.31. The Bertz CT molecular complexity index is 55.7. The molecule has 0 fully saturated rings. The van der Waals surface area contributed by atoms with E-state index in [9.17, 15) is 4.79 Å². The molecule has 1 radical (unpaired) electrons. The molecule has 3 nitrogen and oxygen atoms in total. The zero-order valence-electron chi connectivity index (χ0n) is 4.22. The van der Waals surface area contributed by atoms with Gasteiger partial charge in [-0.2, -0.15) is 0 Å². The Morgan fingerprint density at radius 1 is 1.86 bits per heavy atom. The van der Waals surface area contributed by atoms with Crippen molar-refractivity contribution in [2.24, 2.45) is 0 Å². The second kappa shape index (κ2) is 3.61. The topological polar surface area (TPSA) is 40.5 Å². The number of carbonyl (C=O) groups excluding carboxylic acids is 1. The summed E-state index contributed by atoms with van der Waals surface area (Å²) < 4.78 is 0. The van der Waals surface area contributed by atoms with Gasteiger partial charge in [-0.15, -0.1) is 0 Å².